The monoisotopic (exact) mass is 377 g/mol. The highest BCUT2D eigenvalue weighted by atomic mass is 16.5. The molecule has 1 fully saturated rings. The average molecular weight is 377 g/mol. The minimum absolute atomic E-state index is 0.0173. The highest BCUT2D eigenvalue weighted by Crippen LogP contribution is 2.23. The van der Waals surface area contributed by atoms with Crippen molar-refractivity contribution in [3.63, 3.8) is 0 Å². The Balaban J connectivity index is 1.83. The van der Waals surface area contributed by atoms with E-state index in [1.54, 1.807) is 34.1 Å². The Morgan fingerprint density at radius 1 is 1.18 bits per heavy atom. The lowest BCUT2D eigenvalue weighted by atomic mass is 10.0. The first kappa shape index (κ1) is 19.6. The molecule has 144 valence electrons. The number of hydrogen-bond acceptors (Lipinski definition) is 4. The van der Waals surface area contributed by atoms with Crippen LogP contribution in [0, 0.1) is 11.3 Å². The number of anilines is 1. The van der Waals surface area contributed by atoms with Crippen molar-refractivity contribution < 1.29 is 14.3 Å². The van der Waals surface area contributed by atoms with Crippen LogP contribution in [-0.4, -0.2) is 49.1 Å². The van der Waals surface area contributed by atoms with Crippen molar-refractivity contribution in [1.29, 1.82) is 5.26 Å². The Kier molecular flexibility index (Phi) is 6.41. The first-order valence-corrected chi connectivity index (χ1v) is 9.34. The Morgan fingerprint density at radius 3 is 2.54 bits per heavy atom. The van der Waals surface area contributed by atoms with Gasteiger partial charge >= 0.3 is 0 Å². The van der Waals surface area contributed by atoms with Crippen LogP contribution < -0.4 is 4.90 Å². The third-order valence-electron chi connectivity index (χ3n) is 4.81. The highest BCUT2D eigenvalue weighted by molar-refractivity contribution is 5.98. The first-order valence-electron chi connectivity index (χ1n) is 9.34. The SMILES string of the molecule is CCOCC(=O)N1CC(=O)N(c2ccc(C#N)cc2)C[C@@H]1Cc1ccccc1. The van der Waals surface area contributed by atoms with Gasteiger partial charge in [0.15, 0.2) is 0 Å². The Labute approximate surface area is 164 Å². The van der Waals surface area contributed by atoms with E-state index in [1.807, 2.05) is 37.3 Å². The normalized spacial score (nSPS) is 16.7. The zero-order valence-corrected chi connectivity index (χ0v) is 15.9. The molecule has 28 heavy (non-hydrogen) atoms. The number of nitriles is 1. The van der Waals surface area contributed by atoms with E-state index in [-0.39, 0.29) is 31.0 Å². The summed E-state index contributed by atoms with van der Waals surface area (Å²) in [6, 6.07) is 18.8. The number of nitrogens with zero attached hydrogens (tertiary/aromatic N) is 3. The summed E-state index contributed by atoms with van der Waals surface area (Å²) in [5.41, 5.74) is 2.39. The molecule has 0 unspecified atom stereocenters. The topological polar surface area (TPSA) is 73.6 Å². The van der Waals surface area contributed by atoms with E-state index in [0.717, 1.165) is 11.3 Å². The van der Waals surface area contributed by atoms with Crippen molar-refractivity contribution in [2.24, 2.45) is 0 Å². The Hall–Kier alpha value is -3.17. The van der Waals surface area contributed by atoms with Crippen LogP contribution in [0.3, 0.4) is 0 Å². The summed E-state index contributed by atoms with van der Waals surface area (Å²) in [6.07, 6.45) is 0.652. The molecule has 1 saturated heterocycles. The predicted octanol–water partition coefficient (Wildman–Crippen LogP) is 2.38. The maximum Gasteiger partial charge on any atom is 0.249 e. The second kappa shape index (κ2) is 9.16. The van der Waals surface area contributed by atoms with Gasteiger partial charge in [-0.1, -0.05) is 30.3 Å². The van der Waals surface area contributed by atoms with E-state index in [4.69, 9.17) is 10.00 Å². The first-order chi connectivity index (χ1) is 13.6. The van der Waals surface area contributed by atoms with E-state index in [1.165, 1.54) is 0 Å². The fourth-order valence-corrected chi connectivity index (χ4v) is 3.36. The predicted molar refractivity (Wildman–Crippen MR) is 106 cm³/mol. The number of piperazine rings is 1. The third-order valence-corrected chi connectivity index (χ3v) is 4.81. The van der Waals surface area contributed by atoms with E-state index in [9.17, 15) is 9.59 Å². The molecule has 1 atom stereocenters. The summed E-state index contributed by atoms with van der Waals surface area (Å²) in [7, 11) is 0. The van der Waals surface area contributed by atoms with Crippen LogP contribution in [0.4, 0.5) is 5.69 Å². The molecule has 1 aliphatic heterocycles. The maximum atomic E-state index is 12.8. The summed E-state index contributed by atoms with van der Waals surface area (Å²) >= 11 is 0. The van der Waals surface area contributed by atoms with E-state index < -0.39 is 0 Å². The molecule has 2 aromatic rings. The molecule has 0 aromatic heterocycles. The van der Waals surface area contributed by atoms with E-state index in [2.05, 4.69) is 6.07 Å². The number of rotatable bonds is 6. The number of amides is 2. The second-order valence-corrected chi connectivity index (χ2v) is 6.67. The van der Waals surface area contributed by atoms with Crippen LogP contribution in [0.15, 0.2) is 54.6 Å². The summed E-state index contributed by atoms with van der Waals surface area (Å²) < 4.78 is 5.27. The largest absolute Gasteiger partial charge is 0.372 e. The van der Waals surface area contributed by atoms with Gasteiger partial charge in [0, 0.05) is 18.8 Å². The number of carbonyl (C=O) groups is 2. The number of ether oxygens (including phenoxy) is 1. The quantitative estimate of drug-likeness (QED) is 0.775. The van der Waals surface area contributed by atoms with Gasteiger partial charge in [-0.3, -0.25) is 9.59 Å². The van der Waals surface area contributed by atoms with Gasteiger partial charge in [-0.05, 0) is 43.2 Å². The fourth-order valence-electron chi connectivity index (χ4n) is 3.36. The summed E-state index contributed by atoms with van der Waals surface area (Å²) in [5.74, 6) is -0.311. The molecule has 1 heterocycles. The van der Waals surface area contributed by atoms with Crippen LogP contribution in [0.25, 0.3) is 0 Å². The van der Waals surface area contributed by atoms with Gasteiger partial charge in [-0.15, -0.1) is 0 Å². The Bertz CT molecular complexity index is 859. The number of hydrogen-bond donors (Lipinski definition) is 0. The molecule has 0 saturated carbocycles. The van der Waals surface area contributed by atoms with E-state index in [0.29, 0.717) is 25.1 Å². The van der Waals surface area contributed by atoms with Crippen molar-refractivity contribution in [3.05, 3.63) is 65.7 Å². The molecule has 0 radical (unpaired) electrons. The van der Waals surface area contributed by atoms with Crippen molar-refractivity contribution in [2.45, 2.75) is 19.4 Å². The van der Waals surface area contributed by atoms with Crippen molar-refractivity contribution in [3.8, 4) is 6.07 Å². The zero-order valence-electron chi connectivity index (χ0n) is 15.9. The van der Waals surface area contributed by atoms with Gasteiger partial charge in [0.05, 0.1) is 17.7 Å². The van der Waals surface area contributed by atoms with Gasteiger partial charge in [-0.25, -0.2) is 0 Å². The van der Waals surface area contributed by atoms with Crippen molar-refractivity contribution in [2.75, 3.05) is 31.2 Å². The van der Waals surface area contributed by atoms with Crippen molar-refractivity contribution in [1.82, 2.24) is 4.90 Å². The highest BCUT2D eigenvalue weighted by Gasteiger charge is 2.35. The molecule has 2 amide bonds. The van der Waals surface area contributed by atoms with Gasteiger partial charge in [-0.2, -0.15) is 5.26 Å². The van der Waals surface area contributed by atoms with Gasteiger partial charge in [0.2, 0.25) is 11.8 Å². The molecular formula is C22H23N3O3. The summed E-state index contributed by atoms with van der Waals surface area (Å²) in [5, 5.41) is 8.98. The molecule has 0 spiro atoms. The minimum Gasteiger partial charge on any atom is -0.372 e. The zero-order chi connectivity index (χ0) is 19.9. The van der Waals surface area contributed by atoms with Gasteiger partial charge in [0.25, 0.3) is 0 Å². The standard InChI is InChI=1S/C22H23N3O3/c1-2-28-16-22(27)25-15-21(26)24(19-10-8-18(13-23)9-11-19)14-20(25)12-17-6-4-3-5-7-17/h3-11,20H,2,12,14-16H2,1H3/t20-/m0/s1. The van der Waals surface area contributed by atoms with Crippen LogP contribution >= 0.6 is 0 Å². The smallest absolute Gasteiger partial charge is 0.249 e. The molecule has 6 heteroatoms. The molecular weight excluding hydrogens is 354 g/mol. The second-order valence-electron chi connectivity index (χ2n) is 6.67. The number of benzene rings is 2. The van der Waals surface area contributed by atoms with Crippen LogP contribution in [0.5, 0.6) is 0 Å². The van der Waals surface area contributed by atoms with Crippen LogP contribution in [0.1, 0.15) is 18.1 Å². The molecule has 6 nitrogen and oxygen atoms in total. The molecule has 1 aliphatic rings. The minimum atomic E-state index is -0.171. The lowest BCUT2D eigenvalue weighted by Gasteiger charge is -2.41. The lowest BCUT2D eigenvalue weighted by molar-refractivity contribution is -0.143. The summed E-state index contributed by atoms with van der Waals surface area (Å²) in [6.45, 7) is 2.68. The molecule has 2 aromatic carbocycles. The van der Waals surface area contributed by atoms with Gasteiger partial charge < -0.3 is 14.5 Å². The van der Waals surface area contributed by atoms with Crippen LogP contribution in [-0.2, 0) is 20.7 Å². The summed E-state index contributed by atoms with van der Waals surface area (Å²) in [4.78, 5) is 28.7. The molecule has 0 aliphatic carbocycles. The number of carbonyl (C=O) groups excluding carboxylic acids is 2. The van der Waals surface area contributed by atoms with Crippen molar-refractivity contribution >= 4 is 17.5 Å². The molecule has 0 N–H and O–H groups in total. The lowest BCUT2D eigenvalue weighted by Crippen LogP contribution is -2.59. The van der Waals surface area contributed by atoms with Gasteiger partial charge in [0.1, 0.15) is 13.2 Å². The average Bonchev–Trinajstić information content (AvgIpc) is 2.74. The van der Waals surface area contributed by atoms with E-state index >= 15 is 0 Å². The molecule has 3 rings (SSSR count). The molecule has 0 bridgehead atoms. The van der Waals surface area contributed by atoms with Crippen LogP contribution in [0.2, 0.25) is 0 Å². The fraction of sp³-hybridized carbons (Fsp3) is 0.318. The Morgan fingerprint density at radius 2 is 1.89 bits per heavy atom. The maximum absolute atomic E-state index is 12.8. The third kappa shape index (κ3) is 4.56.